The average Bonchev–Trinajstić information content (AvgIpc) is 2.58. The Morgan fingerprint density at radius 1 is 0.739 bits per heavy atom. The lowest BCUT2D eigenvalue weighted by atomic mass is 10.2. The molecule has 1 N–H and O–H groups in total. The van der Waals surface area contributed by atoms with Crippen LogP contribution in [0.1, 0.15) is 71.8 Å². The van der Waals surface area contributed by atoms with Crippen molar-refractivity contribution in [1.29, 1.82) is 0 Å². The van der Waals surface area contributed by atoms with E-state index in [9.17, 15) is 0 Å². The van der Waals surface area contributed by atoms with Crippen molar-refractivity contribution >= 4 is 7.26 Å². The number of rotatable bonds is 10. The average molecular weight is 340 g/mol. The van der Waals surface area contributed by atoms with Gasteiger partial charge in [-0.05, 0) is 63.0 Å². The number of aromatic hydroxyl groups is 1. The third-order valence-corrected chi connectivity index (χ3v) is 9.80. The number of aryl methyl sites for hydroxylation is 1. The summed E-state index contributed by atoms with van der Waals surface area (Å²) in [6.07, 6.45) is 14.9. The summed E-state index contributed by atoms with van der Waals surface area (Å²) in [5.74, 6) is 0.329. The number of benzene rings is 1. The van der Waals surface area contributed by atoms with Gasteiger partial charge in [0.15, 0.2) is 0 Å². The molecule has 23 heavy (non-hydrogen) atoms. The minimum Gasteiger partial charge on any atom is -0.508 e. The van der Waals surface area contributed by atoms with E-state index in [4.69, 9.17) is 5.11 Å². The summed E-state index contributed by atoms with van der Waals surface area (Å²) >= 11 is 0. The standard InChI is InChI=1S/C14H32P.C7H8O/c1-5-9-12-15(8-4,13-10-6-2)14-11-7-3;1-6-2-4-7(8)5-3-6/h5-14H2,1-4H3;2-5,8H,1H3. The van der Waals surface area contributed by atoms with E-state index in [0.29, 0.717) is 5.75 Å². The van der Waals surface area contributed by atoms with Crippen LogP contribution in [0.4, 0.5) is 0 Å². The molecule has 0 aliphatic heterocycles. The first-order chi connectivity index (χ1) is 11.0. The number of phenols is 1. The summed E-state index contributed by atoms with van der Waals surface area (Å²) in [5.41, 5.74) is 1.17. The lowest BCUT2D eigenvalue weighted by molar-refractivity contribution is 0.475. The predicted molar refractivity (Wildman–Crippen MR) is 110 cm³/mol. The highest BCUT2D eigenvalue weighted by Crippen LogP contribution is 2.60. The predicted octanol–water partition coefficient (Wildman–Crippen LogP) is 7.12. The van der Waals surface area contributed by atoms with Crippen LogP contribution < -0.4 is 0 Å². The molecule has 1 radical (unpaired) electrons. The van der Waals surface area contributed by atoms with Crippen LogP contribution in [0, 0.1) is 6.92 Å². The molecule has 0 saturated carbocycles. The monoisotopic (exact) mass is 339 g/mol. The minimum atomic E-state index is -0.527. The van der Waals surface area contributed by atoms with Crippen LogP contribution in [-0.4, -0.2) is 29.8 Å². The Morgan fingerprint density at radius 2 is 1.13 bits per heavy atom. The third kappa shape index (κ3) is 10.8. The van der Waals surface area contributed by atoms with E-state index in [1.54, 1.807) is 30.6 Å². The summed E-state index contributed by atoms with van der Waals surface area (Å²) in [6, 6.07) is 7.09. The lowest BCUT2D eigenvalue weighted by Gasteiger charge is -2.36. The Morgan fingerprint density at radius 3 is 1.39 bits per heavy atom. The number of unbranched alkanes of at least 4 members (excludes halogenated alkanes) is 3. The normalized spacial score (nSPS) is 11.0. The van der Waals surface area contributed by atoms with Crippen LogP contribution >= 0.6 is 7.26 Å². The van der Waals surface area contributed by atoms with Crippen LogP contribution in [0.25, 0.3) is 0 Å². The molecule has 0 spiro atoms. The zero-order valence-corrected chi connectivity index (χ0v) is 17.2. The first-order valence-corrected chi connectivity index (χ1v) is 12.2. The molecule has 0 aliphatic carbocycles. The first kappa shape index (κ1) is 22.4. The van der Waals surface area contributed by atoms with Gasteiger partial charge in [0.05, 0.1) is 0 Å². The summed E-state index contributed by atoms with van der Waals surface area (Å²) in [7, 11) is -0.527. The Hall–Kier alpha value is -0.550. The van der Waals surface area contributed by atoms with Crippen LogP contribution in [-0.2, 0) is 0 Å². The van der Waals surface area contributed by atoms with Crippen molar-refractivity contribution in [1.82, 2.24) is 0 Å². The zero-order valence-electron chi connectivity index (χ0n) is 16.3. The Kier molecular flexibility index (Phi) is 13.5. The molecule has 0 heterocycles. The van der Waals surface area contributed by atoms with Crippen molar-refractivity contribution in [3.63, 3.8) is 0 Å². The molecule has 1 aromatic carbocycles. The molecule has 2 heteroatoms. The van der Waals surface area contributed by atoms with Gasteiger partial charge in [-0.3, -0.25) is 0 Å². The van der Waals surface area contributed by atoms with Crippen molar-refractivity contribution < 1.29 is 5.11 Å². The minimum absolute atomic E-state index is 0.329. The van der Waals surface area contributed by atoms with Gasteiger partial charge < -0.3 is 5.11 Å². The SMILES string of the molecule is CCCC[P](CC)(CCCC)CCCC.Cc1ccc(O)cc1. The highest BCUT2D eigenvalue weighted by molar-refractivity contribution is 7.75. The second-order valence-electron chi connectivity index (χ2n) is 6.72. The summed E-state index contributed by atoms with van der Waals surface area (Å²) < 4.78 is 0. The van der Waals surface area contributed by atoms with E-state index < -0.39 is 7.26 Å². The van der Waals surface area contributed by atoms with Gasteiger partial charge in [-0.1, -0.05) is 64.7 Å². The van der Waals surface area contributed by atoms with Crippen LogP contribution in [0.3, 0.4) is 0 Å². The molecule has 1 rings (SSSR count). The molecule has 0 amide bonds. The molecule has 1 nitrogen and oxygen atoms in total. The van der Waals surface area contributed by atoms with Gasteiger partial charge in [-0.25, -0.2) is 0 Å². The maximum atomic E-state index is 8.76. The van der Waals surface area contributed by atoms with Gasteiger partial charge in [0, 0.05) is 0 Å². The van der Waals surface area contributed by atoms with Gasteiger partial charge in [0.25, 0.3) is 0 Å². The molecule has 0 aromatic heterocycles. The summed E-state index contributed by atoms with van der Waals surface area (Å²) in [5, 5.41) is 8.76. The van der Waals surface area contributed by atoms with Crippen LogP contribution in [0.2, 0.25) is 0 Å². The van der Waals surface area contributed by atoms with Gasteiger partial charge in [-0.2, -0.15) is 0 Å². The largest absolute Gasteiger partial charge is 0.508 e. The molecular weight excluding hydrogens is 299 g/mol. The van der Waals surface area contributed by atoms with E-state index in [0.717, 1.165) is 0 Å². The zero-order chi connectivity index (χ0) is 17.6. The fraction of sp³-hybridized carbons (Fsp3) is 0.714. The Bertz CT molecular complexity index is 329. The third-order valence-electron chi connectivity index (χ3n) is 4.66. The summed E-state index contributed by atoms with van der Waals surface area (Å²) in [4.78, 5) is 0. The van der Waals surface area contributed by atoms with Crippen molar-refractivity contribution in [2.24, 2.45) is 0 Å². The second kappa shape index (κ2) is 13.8. The number of hydrogen-bond acceptors (Lipinski definition) is 1. The van der Waals surface area contributed by atoms with E-state index in [-0.39, 0.29) is 0 Å². The van der Waals surface area contributed by atoms with Gasteiger partial charge in [0.1, 0.15) is 5.75 Å². The van der Waals surface area contributed by atoms with Crippen molar-refractivity contribution in [3.8, 4) is 5.75 Å². The molecular formula is C21H40OP. The van der Waals surface area contributed by atoms with E-state index in [1.807, 2.05) is 19.1 Å². The van der Waals surface area contributed by atoms with E-state index in [2.05, 4.69) is 27.7 Å². The molecule has 0 saturated heterocycles. The highest BCUT2D eigenvalue weighted by atomic mass is 31.2. The topological polar surface area (TPSA) is 20.2 Å². The summed E-state index contributed by atoms with van der Waals surface area (Å²) in [6.45, 7) is 11.5. The van der Waals surface area contributed by atoms with Gasteiger partial charge >= 0.3 is 0 Å². The molecule has 0 fully saturated rings. The quantitative estimate of drug-likeness (QED) is 0.450. The van der Waals surface area contributed by atoms with Gasteiger partial charge in [-0.15, -0.1) is 7.26 Å². The maximum Gasteiger partial charge on any atom is 0.115 e. The molecule has 135 valence electrons. The van der Waals surface area contributed by atoms with Crippen molar-refractivity contribution in [2.75, 3.05) is 24.6 Å². The lowest BCUT2D eigenvalue weighted by Crippen LogP contribution is -2.11. The van der Waals surface area contributed by atoms with E-state index >= 15 is 0 Å². The van der Waals surface area contributed by atoms with E-state index in [1.165, 1.54) is 50.3 Å². The van der Waals surface area contributed by atoms with Crippen molar-refractivity contribution in [2.45, 2.75) is 73.1 Å². The highest BCUT2D eigenvalue weighted by Gasteiger charge is 2.22. The molecule has 0 atom stereocenters. The van der Waals surface area contributed by atoms with Gasteiger partial charge in [0.2, 0.25) is 0 Å². The Balaban J connectivity index is 0.000000502. The number of phenolic OH excluding ortho intramolecular Hbond substituents is 1. The first-order valence-electron chi connectivity index (χ1n) is 9.64. The molecule has 0 aliphatic rings. The fourth-order valence-corrected chi connectivity index (χ4v) is 7.42. The number of hydrogen-bond donors (Lipinski definition) is 1. The molecule has 1 aromatic rings. The molecule has 0 bridgehead atoms. The maximum absolute atomic E-state index is 8.76. The van der Waals surface area contributed by atoms with Crippen LogP contribution in [0.15, 0.2) is 24.3 Å². The molecule has 0 unspecified atom stereocenters. The van der Waals surface area contributed by atoms with Crippen molar-refractivity contribution in [3.05, 3.63) is 29.8 Å². The smallest absolute Gasteiger partial charge is 0.115 e. The van der Waals surface area contributed by atoms with Crippen LogP contribution in [0.5, 0.6) is 5.75 Å². The second-order valence-corrected chi connectivity index (χ2v) is 11.4. The Labute approximate surface area is 146 Å². The fourth-order valence-electron chi connectivity index (χ4n) is 2.84.